The van der Waals surface area contributed by atoms with Gasteiger partial charge in [-0.25, -0.2) is 4.79 Å². The molecule has 0 saturated carbocycles. The standard InChI is InChI=1S/C11H8Cl2O6.Na.H/c1-4(14)18-9-7(12)3-6(11(16)17)8(13)10(9)19-5(2)15;;/h3H,1-2H3,(H,16,17);;. The van der Waals surface area contributed by atoms with Crippen LogP contribution in [0.4, 0.5) is 0 Å². The number of carbonyl (C=O) groups is 3. The van der Waals surface area contributed by atoms with Crippen LogP contribution in [0.15, 0.2) is 6.07 Å². The van der Waals surface area contributed by atoms with E-state index in [0.29, 0.717) is 0 Å². The van der Waals surface area contributed by atoms with E-state index in [0.717, 1.165) is 19.9 Å². The predicted molar refractivity (Wildman–Crippen MR) is 73.2 cm³/mol. The van der Waals surface area contributed by atoms with Crippen LogP contribution in [0, 0.1) is 0 Å². The number of aromatic carboxylic acids is 1. The Morgan fingerprint density at radius 1 is 1.05 bits per heavy atom. The molecule has 1 N–H and O–H groups in total. The summed E-state index contributed by atoms with van der Waals surface area (Å²) >= 11 is 11.6. The number of carbonyl (C=O) groups excluding carboxylic acids is 2. The quantitative estimate of drug-likeness (QED) is 0.517. The molecular weight excluding hydrogens is 322 g/mol. The average molecular weight is 331 g/mol. The van der Waals surface area contributed by atoms with E-state index in [1.807, 2.05) is 0 Å². The Morgan fingerprint density at radius 2 is 1.50 bits per heavy atom. The third-order valence-corrected chi connectivity index (χ3v) is 2.51. The molecule has 0 radical (unpaired) electrons. The van der Waals surface area contributed by atoms with Gasteiger partial charge in [0.2, 0.25) is 0 Å². The molecule has 0 aromatic heterocycles. The Balaban J connectivity index is 0.00000361. The van der Waals surface area contributed by atoms with Crippen molar-refractivity contribution in [2.45, 2.75) is 13.8 Å². The first-order chi connectivity index (χ1) is 8.73. The molecule has 6 nitrogen and oxygen atoms in total. The predicted octanol–water partition coefficient (Wildman–Crippen LogP) is 1.89. The molecule has 0 aliphatic carbocycles. The van der Waals surface area contributed by atoms with E-state index in [2.05, 4.69) is 0 Å². The number of carboxylic acid groups (broad SMARTS) is 1. The van der Waals surface area contributed by atoms with Gasteiger partial charge in [-0.15, -0.1) is 0 Å². The molecule has 0 bridgehead atoms. The second-order valence-electron chi connectivity index (χ2n) is 3.37. The summed E-state index contributed by atoms with van der Waals surface area (Å²) in [5.41, 5.74) is -0.376. The summed E-state index contributed by atoms with van der Waals surface area (Å²) in [5, 5.41) is 8.33. The van der Waals surface area contributed by atoms with E-state index in [9.17, 15) is 14.4 Å². The van der Waals surface area contributed by atoms with Gasteiger partial charge in [-0.05, 0) is 6.07 Å². The zero-order valence-electron chi connectivity index (χ0n) is 9.82. The van der Waals surface area contributed by atoms with Crippen LogP contribution in [0.2, 0.25) is 10.0 Å². The van der Waals surface area contributed by atoms with Gasteiger partial charge < -0.3 is 14.6 Å². The molecule has 0 heterocycles. The van der Waals surface area contributed by atoms with Gasteiger partial charge in [0.1, 0.15) is 5.02 Å². The zero-order valence-corrected chi connectivity index (χ0v) is 11.3. The summed E-state index contributed by atoms with van der Waals surface area (Å²) in [6.07, 6.45) is 0. The first-order valence-electron chi connectivity index (χ1n) is 4.86. The van der Waals surface area contributed by atoms with Crippen molar-refractivity contribution in [1.29, 1.82) is 0 Å². The Morgan fingerprint density at radius 3 is 1.90 bits per heavy atom. The summed E-state index contributed by atoms with van der Waals surface area (Å²) in [7, 11) is 0. The monoisotopic (exact) mass is 330 g/mol. The van der Waals surface area contributed by atoms with Crippen molar-refractivity contribution in [1.82, 2.24) is 0 Å². The maximum atomic E-state index is 11.0. The molecule has 104 valence electrons. The van der Waals surface area contributed by atoms with Gasteiger partial charge in [-0.1, -0.05) is 23.2 Å². The van der Waals surface area contributed by atoms with Crippen LogP contribution >= 0.6 is 23.2 Å². The van der Waals surface area contributed by atoms with Crippen molar-refractivity contribution in [3.8, 4) is 11.5 Å². The summed E-state index contributed by atoms with van der Waals surface area (Å²) in [6.45, 7) is 2.18. The number of rotatable bonds is 3. The minimum absolute atomic E-state index is 0. The van der Waals surface area contributed by atoms with Crippen molar-refractivity contribution in [3.63, 3.8) is 0 Å². The number of ether oxygens (including phenoxy) is 2. The molecule has 0 fully saturated rings. The fraction of sp³-hybridized carbons (Fsp3) is 0.182. The minimum atomic E-state index is -1.37. The van der Waals surface area contributed by atoms with Crippen LogP contribution < -0.4 is 9.47 Å². The Bertz CT molecular complexity index is 573. The molecule has 0 unspecified atom stereocenters. The van der Waals surface area contributed by atoms with Gasteiger partial charge in [0.15, 0.2) is 11.5 Å². The maximum absolute atomic E-state index is 11.0. The van der Waals surface area contributed by atoms with Crippen LogP contribution in [0.25, 0.3) is 0 Å². The molecule has 9 heteroatoms. The Kier molecular flexibility index (Phi) is 7.54. The molecule has 1 rings (SSSR count). The number of hydrogen-bond donors (Lipinski definition) is 1. The third kappa shape index (κ3) is 4.64. The molecule has 1 aromatic rings. The van der Waals surface area contributed by atoms with E-state index in [1.165, 1.54) is 0 Å². The van der Waals surface area contributed by atoms with Crippen LogP contribution in [0.1, 0.15) is 24.2 Å². The van der Waals surface area contributed by atoms with Gasteiger partial charge in [-0.3, -0.25) is 9.59 Å². The second-order valence-corrected chi connectivity index (χ2v) is 4.16. The first kappa shape index (κ1) is 19.2. The zero-order chi connectivity index (χ0) is 14.7. The summed E-state index contributed by atoms with van der Waals surface area (Å²) < 4.78 is 9.52. The number of hydrogen-bond acceptors (Lipinski definition) is 5. The van der Waals surface area contributed by atoms with Crippen LogP contribution in [-0.4, -0.2) is 52.6 Å². The Labute approximate surface area is 146 Å². The van der Waals surface area contributed by atoms with E-state index in [4.69, 9.17) is 37.8 Å². The van der Waals surface area contributed by atoms with Gasteiger partial charge in [0, 0.05) is 13.8 Å². The average Bonchev–Trinajstić information content (AvgIpc) is 2.26. The number of halogens is 2. The molecule has 0 spiro atoms. The fourth-order valence-electron chi connectivity index (χ4n) is 1.22. The summed E-state index contributed by atoms with van der Waals surface area (Å²) in [6, 6.07) is 0.998. The van der Waals surface area contributed by atoms with Gasteiger partial charge in [-0.2, -0.15) is 0 Å². The molecule has 0 amide bonds. The molecule has 0 saturated heterocycles. The molecule has 1 aromatic carbocycles. The van der Waals surface area contributed by atoms with E-state index in [-0.39, 0.29) is 50.9 Å². The number of esters is 2. The fourth-order valence-corrected chi connectivity index (χ4v) is 1.71. The topological polar surface area (TPSA) is 89.9 Å². The van der Waals surface area contributed by atoms with Gasteiger partial charge in [0.05, 0.1) is 10.6 Å². The molecule has 0 aliphatic heterocycles. The SMILES string of the molecule is CC(=O)Oc1c(Cl)cc(C(=O)O)c(Cl)c1OC(C)=O.[NaH]. The van der Waals surface area contributed by atoms with Crippen molar-refractivity contribution in [3.05, 3.63) is 21.7 Å². The number of benzene rings is 1. The molecule has 0 aliphatic rings. The summed E-state index contributed by atoms with van der Waals surface area (Å²) in [4.78, 5) is 32.9. The van der Waals surface area contributed by atoms with Gasteiger partial charge in [0.25, 0.3) is 0 Å². The Hall–Kier alpha value is -0.790. The third-order valence-electron chi connectivity index (χ3n) is 1.85. The van der Waals surface area contributed by atoms with Crippen molar-refractivity contribution >= 4 is 70.7 Å². The van der Waals surface area contributed by atoms with Crippen molar-refractivity contribution in [2.24, 2.45) is 0 Å². The molecular formula is C11H9Cl2NaO6. The van der Waals surface area contributed by atoms with Crippen molar-refractivity contribution < 1.29 is 29.0 Å². The molecule has 20 heavy (non-hydrogen) atoms. The van der Waals surface area contributed by atoms with Gasteiger partial charge >= 0.3 is 47.5 Å². The number of carboxylic acids is 1. The van der Waals surface area contributed by atoms with Crippen LogP contribution in [-0.2, 0) is 9.59 Å². The van der Waals surface area contributed by atoms with E-state index in [1.54, 1.807) is 0 Å². The normalized spacial score (nSPS) is 9.40. The molecule has 0 atom stereocenters. The second kappa shape index (κ2) is 7.85. The van der Waals surface area contributed by atoms with E-state index >= 15 is 0 Å². The first-order valence-corrected chi connectivity index (χ1v) is 5.61. The summed E-state index contributed by atoms with van der Waals surface area (Å²) in [5.74, 6) is -3.58. The van der Waals surface area contributed by atoms with Crippen LogP contribution in [0.3, 0.4) is 0 Å². The van der Waals surface area contributed by atoms with E-state index < -0.39 is 23.7 Å². The van der Waals surface area contributed by atoms with Crippen LogP contribution in [0.5, 0.6) is 11.5 Å². The van der Waals surface area contributed by atoms with Crippen molar-refractivity contribution in [2.75, 3.05) is 0 Å².